The first kappa shape index (κ1) is 25.1. The smallest absolute Gasteiger partial charge is 0.252 e. The molecule has 168 valence electrons. The topological polar surface area (TPSA) is 82.8 Å². The molecule has 2 unspecified atom stereocenters. The van der Waals surface area contributed by atoms with Gasteiger partial charge in [0.25, 0.3) is 10.0 Å². The van der Waals surface area contributed by atoms with Gasteiger partial charge in [-0.2, -0.15) is 0 Å². The number of imidazole rings is 1. The minimum absolute atomic E-state index is 0. The van der Waals surface area contributed by atoms with E-state index in [2.05, 4.69) is 33.6 Å². The Morgan fingerprint density at radius 1 is 1.40 bits per heavy atom. The Bertz CT molecular complexity index is 927. The number of piperidine rings is 1. The lowest BCUT2D eigenvalue weighted by molar-refractivity contribution is 0.189. The fraction of sp³-hybridized carbons (Fsp3) is 0.579. The van der Waals surface area contributed by atoms with E-state index in [9.17, 15) is 8.42 Å². The maximum absolute atomic E-state index is 12.3. The lowest BCUT2D eigenvalue weighted by Gasteiger charge is -2.39. The number of rotatable bonds is 6. The van der Waals surface area contributed by atoms with E-state index in [0.29, 0.717) is 22.7 Å². The molecule has 3 rings (SSSR count). The van der Waals surface area contributed by atoms with Crippen LogP contribution in [0.25, 0.3) is 0 Å². The number of likely N-dealkylation sites (tertiary alicyclic amines) is 1. The van der Waals surface area contributed by atoms with Gasteiger partial charge in [-0.1, -0.05) is 6.92 Å². The van der Waals surface area contributed by atoms with Crippen LogP contribution in [0.2, 0.25) is 0 Å². The highest BCUT2D eigenvalue weighted by molar-refractivity contribution is 14.0. The van der Waals surface area contributed by atoms with Crippen molar-refractivity contribution < 1.29 is 8.42 Å². The average molecular weight is 567 g/mol. The summed E-state index contributed by atoms with van der Waals surface area (Å²) in [6.07, 6.45) is 6.80. The predicted molar refractivity (Wildman–Crippen MR) is 132 cm³/mol. The van der Waals surface area contributed by atoms with E-state index in [0.717, 1.165) is 36.9 Å². The van der Waals surface area contributed by atoms with Crippen LogP contribution in [0, 0.1) is 5.92 Å². The van der Waals surface area contributed by atoms with Gasteiger partial charge in [-0.25, -0.2) is 22.7 Å². The maximum atomic E-state index is 12.3. The number of nitrogens with one attached hydrogen (secondary N) is 1. The molecule has 2 aromatic heterocycles. The minimum Gasteiger partial charge on any atom is -0.357 e. The maximum Gasteiger partial charge on any atom is 0.252 e. The van der Waals surface area contributed by atoms with E-state index in [1.165, 1.54) is 15.6 Å². The first-order valence-corrected chi connectivity index (χ1v) is 12.1. The molecule has 8 nitrogen and oxygen atoms in total. The van der Waals surface area contributed by atoms with Crippen LogP contribution in [-0.2, 0) is 16.6 Å². The molecular formula is C19H31IN6O2S2. The zero-order valence-electron chi connectivity index (χ0n) is 17.9. The molecule has 0 aliphatic carbocycles. The number of halogens is 1. The third kappa shape index (κ3) is 5.74. The third-order valence-corrected chi connectivity index (χ3v) is 8.57. The van der Waals surface area contributed by atoms with Crippen molar-refractivity contribution in [2.24, 2.45) is 10.9 Å². The van der Waals surface area contributed by atoms with Crippen molar-refractivity contribution in [2.45, 2.75) is 37.1 Å². The van der Waals surface area contributed by atoms with Crippen LogP contribution in [0.1, 0.15) is 31.2 Å². The number of aliphatic imine (C=N–C) groups is 1. The van der Waals surface area contributed by atoms with Crippen LogP contribution in [0.5, 0.6) is 0 Å². The number of thiophene rings is 1. The molecule has 0 saturated carbocycles. The Hall–Kier alpha value is -1.18. The highest BCUT2D eigenvalue weighted by atomic mass is 127. The van der Waals surface area contributed by atoms with E-state index < -0.39 is 10.0 Å². The van der Waals surface area contributed by atoms with Crippen LogP contribution in [-0.4, -0.2) is 66.9 Å². The van der Waals surface area contributed by atoms with Gasteiger partial charge in [-0.3, -0.25) is 0 Å². The average Bonchev–Trinajstić information content (AvgIpc) is 3.38. The molecule has 0 spiro atoms. The molecule has 0 radical (unpaired) electrons. The number of hydrogen-bond donors (Lipinski definition) is 1. The summed E-state index contributed by atoms with van der Waals surface area (Å²) in [5.41, 5.74) is 0. The lowest BCUT2D eigenvalue weighted by Crippen LogP contribution is -2.49. The second-order valence-corrected chi connectivity index (χ2v) is 11.0. The first-order chi connectivity index (χ1) is 13.8. The second-order valence-electron chi connectivity index (χ2n) is 7.47. The van der Waals surface area contributed by atoms with Gasteiger partial charge in [0.15, 0.2) is 5.96 Å². The summed E-state index contributed by atoms with van der Waals surface area (Å²) in [5, 5.41) is 3.39. The standard InChI is InChI=1S/C19H30N6O2S2.HI/c1-5-21-19(22-12-16-6-7-18(28-16)29(26,27)23(3)4)24-10-8-15(2)17(13-24)25-11-9-20-14-25;/h6-7,9,11,14-15,17H,5,8,10,12-13H2,1-4H3,(H,21,22);1H. The van der Waals surface area contributed by atoms with Crippen LogP contribution in [0.4, 0.5) is 0 Å². The first-order valence-electron chi connectivity index (χ1n) is 9.85. The van der Waals surface area contributed by atoms with Gasteiger partial charge in [0.2, 0.25) is 0 Å². The Balaban J connectivity index is 0.00000320. The number of nitrogens with zero attached hydrogens (tertiary/aromatic N) is 5. The molecule has 1 aliphatic heterocycles. The van der Waals surface area contributed by atoms with Crippen LogP contribution >= 0.6 is 35.3 Å². The minimum atomic E-state index is -3.40. The number of sulfonamides is 1. The summed E-state index contributed by atoms with van der Waals surface area (Å²) in [5.74, 6) is 1.44. The molecule has 1 aliphatic rings. The Kier molecular flexibility index (Phi) is 9.13. The van der Waals surface area contributed by atoms with E-state index in [4.69, 9.17) is 4.99 Å². The molecule has 2 aromatic rings. The predicted octanol–water partition coefficient (Wildman–Crippen LogP) is 2.86. The molecule has 2 atom stereocenters. The fourth-order valence-corrected chi connectivity index (χ4v) is 5.88. The van der Waals surface area contributed by atoms with Gasteiger partial charge in [0.05, 0.1) is 18.9 Å². The SMILES string of the molecule is CCNC(=NCc1ccc(S(=O)(=O)N(C)C)s1)N1CCC(C)C(n2ccnc2)C1.I. The van der Waals surface area contributed by atoms with Crippen molar-refractivity contribution in [3.8, 4) is 0 Å². The van der Waals surface area contributed by atoms with Crippen LogP contribution in [0.3, 0.4) is 0 Å². The summed E-state index contributed by atoms with van der Waals surface area (Å²) in [6.45, 7) is 7.40. The fourth-order valence-electron chi connectivity index (χ4n) is 3.44. The molecule has 3 heterocycles. The molecule has 1 fully saturated rings. The van der Waals surface area contributed by atoms with E-state index >= 15 is 0 Å². The van der Waals surface area contributed by atoms with Gasteiger partial charge in [0, 0.05) is 51.0 Å². The lowest BCUT2D eigenvalue weighted by atomic mass is 9.93. The molecule has 1 saturated heterocycles. The quantitative estimate of drug-likeness (QED) is 0.331. The number of guanidine groups is 1. The molecule has 0 bridgehead atoms. The summed E-state index contributed by atoms with van der Waals surface area (Å²) < 4.78 is 28.3. The monoisotopic (exact) mass is 566 g/mol. The van der Waals surface area contributed by atoms with Crippen molar-refractivity contribution in [1.29, 1.82) is 0 Å². The van der Waals surface area contributed by atoms with Gasteiger partial charge in [-0.05, 0) is 31.4 Å². The molecule has 11 heteroatoms. The summed E-state index contributed by atoms with van der Waals surface area (Å²) in [4.78, 5) is 12.2. The Labute approximate surface area is 200 Å². The van der Waals surface area contributed by atoms with Gasteiger partial charge < -0.3 is 14.8 Å². The molecule has 1 N–H and O–H groups in total. The molecule has 0 amide bonds. The third-order valence-electron chi connectivity index (χ3n) is 5.22. The summed E-state index contributed by atoms with van der Waals surface area (Å²) in [7, 11) is -0.304. The van der Waals surface area contributed by atoms with Crippen molar-refractivity contribution in [3.05, 3.63) is 35.7 Å². The van der Waals surface area contributed by atoms with Gasteiger partial charge >= 0.3 is 0 Å². The van der Waals surface area contributed by atoms with E-state index in [-0.39, 0.29) is 24.0 Å². The molecule has 30 heavy (non-hydrogen) atoms. The molecule has 0 aromatic carbocycles. The highest BCUT2D eigenvalue weighted by Gasteiger charge is 2.29. The van der Waals surface area contributed by atoms with Gasteiger partial charge in [-0.15, -0.1) is 35.3 Å². The normalized spacial score (nSPS) is 20.3. The Morgan fingerprint density at radius 3 is 2.80 bits per heavy atom. The van der Waals surface area contributed by atoms with Crippen molar-refractivity contribution in [1.82, 2.24) is 24.1 Å². The van der Waals surface area contributed by atoms with Crippen LogP contribution in [0.15, 0.2) is 40.1 Å². The van der Waals surface area contributed by atoms with Crippen molar-refractivity contribution in [3.63, 3.8) is 0 Å². The van der Waals surface area contributed by atoms with E-state index in [1.807, 2.05) is 24.8 Å². The van der Waals surface area contributed by atoms with Crippen molar-refractivity contribution in [2.75, 3.05) is 33.7 Å². The van der Waals surface area contributed by atoms with Crippen molar-refractivity contribution >= 4 is 51.3 Å². The zero-order valence-corrected chi connectivity index (χ0v) is 21.8. The number of aromatic nitrogens is 2. The summed E-state index contributed by atoms with van der Waals surface area (Å²) in [6, 6.07) is 3.87. The largest absolute Gasteiger partial charge is 0.357 e. The number of hydrogen-bond acceptors (Lipinski definition) is 5. The summed E-state index contributed by atoms with van der Waals surface area (Å²) >= 11 is 1.28. The van der Waals surface area contributed by atoms with E-state index in [1.54, 1.807) is 20.2 Å². The van der Waals surface area contributed by atoms with Crippen LogP contribution < -0.4 is 5.32 Å². The Morgan fingerprint density at radius 2 is 2.17 bits per heavy atom. The van der Waals surface area contributed by atoms with Gasteiger partial charge in [0.1, 0.15) is 4.21 Å². The zero-order chi connectivity index (χ0) is 21.0. The second kappa shape index (κ2) is 10.9. The highest BCUT2D eigenvalue weighted by Crippen LogP contribution is 2.28. The molecular weight excluding hydrogens is 535 g/mol.